The van der Waals surface area contributed by atoms with Crippen molar-refractivity contribution in [3.05, 3.63) is 24.3 Å². The molecule has 1 N–H and O–H groups in total. The lowest BCUT2D eigenvalue weighted by Crippen LogP contribution is -2.45. The summed E-state index contributed by atoms with van der Waals surface area (Å²) >= 11 is 0. The Bertz CT molecular complexity index is 427. The molecule has 0 radical (unpaired) electrons. The number of halogens is 3. The van der Waals surface area contributed by atoms with E-state index in [9.17, 15) is 13.2 Å². The van der Waals surface area contributed by atoms with Gasteiger partial charge in [0.15, 0.2) is 0 Å². The van der Waals surface area contributed by atoms with Gasteiger partial charge in [0.05, 0.1) is 0 Å². The number of alkyl halides is 3. The van der Waals surface area contributed by atoms with Gasteiger partial charge in [0.1, 0.15) is 17.1 Å². The lowest BCUT2D eigenvalue weighted by molar-refractivity contribution is -0.274. The van der Waals surface area contributed by atoms with Crippen LogP contribution in [0.25, 0.3) is 0 Å². The fourth-order valence-electron chi connectivity index (χ4n) is 2.29. The zero-order chi connectivity index (χ0) is 14.6. The number of ether oxygens (including phenoxy) is 2. The van der Waals surface area contributed by atoms with Crippen LogP contribution in [0.4, 0.5) is 13.2 Å². The van der Waals surface area contributed by atoms with E-state index < -0.39 is 6.36 Å². The standard InChI is InChI=1S/C14H18F3NO2/c1-18-10-9-13(7-2-8-13)19-11-3-5-12(6-4-11)20-14(15,16)17/h3-6,18H,2,7-10H2,1H3. The molecule has 1 fully saturated rings. The zero-order valence-corrected chi connectivity index (χ0v) is 11.3. The smallest absolute Gasteiger partial charge is 0.487 e. The van der Waals surface area contributed by atoms with Crippen molar-refractivity contribution < 1.29 is 22.6 Å². The summed E-state index contributed by atoms with van der Waals surface area (Å²) in [5, 5.41) is 3.09. The van der Waals surface area contributed by atoms with Crippen molar-refractivity contribution in [1.29, 1.82) is 0 Å². The Kier molecular flexibility index (Phi) is 4.42. The highest BCUT2D eigenvalue weighted by atomic mass is 19.4. The maximum Gasteiger partial charge on any atom is 0.573 e. The van der Waals surface area contributed by atoms with E-state index in [-0.39, 0.29) is 11.4 Å². The van der Waals surface area contributed by atoms with Crippen LogP contribution >= 0.6 is 0 Å². The summed E-state index contributed by atoms with van der Waals surface area (Å²) in [5.41, 5.74) is -0.171. The molecule has 0 spiro atoms. The molecule has 1 aliphatic rings. The first-order valence-electron chi connectivity index (χ1n) is 6.62. The van der Waals surface area contributed by atoms with Crippen LogP contribution in [0.2, 0.25) is 0 Å². The SMILES string of the molecule is CNCCC1(Oc2ccc(OC(F)(F)F)cc2)CCC1. The second-order valence-electron chi connectivity index (χ2n) is 5.01. The van der Waals surface area contributed by atoms with Crippen molar-refractivity contribution in [2.45, 2.75) is 37.6 Å². The van der Waals surface area contributed by atoms with E-state index in [1.807, 2.05) is 7.05 Å². The molecular formula is C14H18F3NO2. The van der Waals surface area contributed by atoms with Gasteiger partial charge in [-0.1, -0.05) is 0 Å². The molecule has 3 nitrogen and oxygen atoms in total. The Labute approximate surface area is 116 Å². The summed E-state index contributed by atoms with van der Waals surface area (Å²) in [6.07, 6.45) is -0.682. The molecule has 20 heavy (non-hydrogen) atoms. The zero-order valence-electron chi connectivity index (χ0n) is 11.3. The molecule has 2 rings (SSSR count). The second kappa shape index (κ2) is 5.91. The molecule has 0 saturated heterocycles. The van der Waals surface area contributed by atoms with E-state index in [2.05, 4.69) is 10.1 Å². The molecule has 0 aliphatic heterocycles. The summed E-state index contributed by atoms with van der Waals surface area (Å²) in [7, 11) is 1.88. The van der Waals surface area contributed by atoms with E-state index in [0.717, 1.165) is 32.2 Å². The first-order valence-corrected chi connectivity index (χ1v) is 6.62. The first-order chi connectivity index (χ1) is 9.42. The van der Waals surface area contributed by atoms with Crippen molar-refractivity contribution in [2.24, 2.45) is 0 Å². The van der Waals surface area contributed by atoms with Crippen LogP contribution in [-0.2, 0) is 0 Å². The van der Waals surface area contributed by atoms with Gasteiger partial charge in [-0.15, -0.1) is 13.2 Å². The van der Waals surface area contributed by atoms with Gasteiger partial charge in [-0.25, -0.2) is 0 Å². The van der Waals surface area contributed by atoms with Crippen molar-refractivity contribution in [3.63, 3.8) is 0 Å². The highest BCUT2D eigenvalue weighted by Gasteiger charge is 2.38. The largest absolute Gasteiger partial charge is 0.573 e. The third-order valence-corrected chi connectivity index (χ3v) is 3.49. The number of rotatable bonds is 6. The highest BCUT2D eigenvalue weighted by Crippen LogP contribution is 2.39. The van der Waals surface area contributed by atoms with E-state index in [4.69, 9.17) is 4.74 Å². The van der Waals surface area contributed by atoms with Gasteiger partial charge < -0.3 is 14.8 Å². The predicted molar refractivity (Wildman–Crippen MR) is 68.9 cm³/mol. The van der Waals surface area contributed by atoms with Gasteiger partial charge in [0.2, 0.25) is 0 Å². The van der Waals surface area contributed by atoms with Gasteiger partial charge in [-0.3, -0.25) is 0 Å². The Hall–Kier alpha value is -1.43. The van der Waals surface area contributed by atoms with Crippen LogP contribution in [0.5, 0.6) is 11.5 Å². The monoisotopic (exact) mass is 289 g/mol. The molecule has 0 unspecified atom stereocenters. The van der Waals surface area contributed by atoms with Gasteiger partial charge >= 0.3 is 6.36 Å². The second-order valence-corrected chi connectivity index (χ2v) is 5.01. The van der Waals surface area contributed by atoms with Crippen LogP contribution in [-0.4, -0.2) is 25.6 Å². The molecule has 0 atom stereocenters. The average molecular weight is 289 g/mol. The molecule has 1 aromatic carbocycles. The highest BCUT2D eigenvalue weighted by molar-refractivity contribution is 5.32. The Morgan fingerprint density at radius 2 is 1.75 bits per heavy atom. The normalized spacial score (nSPS) is 17.4. The average Bonchev–Trinajstić information content (AvgIpc) is 2.33. The minimum Gasteiger partial charge on any atom is -0.487 e. The van der Waals surface area contributed by atoms with Crippen molar-refractivity contribution in [2.75, 3.05) is 13.6 Å². The predicted octanol–water partition coefficient (Wildman–Crippen LogP) is 3.50. The van der Waals surface area contributed by atoms with Crippen molar-refractivity contribution in [1.82, 2.24) is 5.32 Å². The first kappa shape index (κ1) is 15.0. The third-order valence-electron chi connectivity index (χ3n) is 3.49. The Balaban J connectivity index is 1.96. The summed E-state index contributed by atoms with van der Waals surface area (Å²) in [6.45, 7) is 0.856. The van der Waals surface area contributed by atoms with Crippen molar-refractivity contribution in [3.8, 4) is 11.5 Å². The number of hydrogen-bond acceptors (Lipinski definition) is 3. The van der Waals surface area contributed by atoms with Crippen LogP contribution in [0.3, 0.4) is 0 Å². The molecule has 0 bridgehead atoms. The van der Waals surface area contributed by atoms with Crippen LogP contribution in [0, 0.1) is 0 Å². The third kappa shape index (κ3) is 4.03. The topological polar surface area (TPSA) is 30.5 Å². The summed E-state index contributed by atoms with van der Waals surface area (Å²) in [5.74, 6) is 0.345. The van der Waals surface area contributed by atoms with E-state index in [0.29, 0.717) is 5.75 Å². The molecule has 0 amide bonds. The summed E-state index contributed by atoms with van der Waals surface area (Å²) in [6, 6.07) is 5.57. The fourth-order valence-corrected chi connectivity index (χ4v) is 2.29. The van der Waals surface area contributed by atoms with Crippen LogP contribution < -0.4 is 14.8 Å². The molecule has 1 saturated carbocycles. The van der Waals surface area contributed by atoms with E-state index >= 15 is 0 Å². The molecule has 1 aromatic rings. The van der Waals surface area contributed by atoms with Gasteiger partial charge in [0, 0.05) is 0 Å². The van der Waals surface area contributed by atoms with Gasteiger partial charge in [-0.2, -0.15) is 0 Å². The maximum atomic E-state index is 12.1. The number of hydrogen-bond donors (Lipinski definition) is 1. The summed E-state index contributed by atoms with van der Waals surface area (Å²) < 4.78 is 45.9. The van der Waals surface area contributed by atoms with Crippen LogP contribution in [0.1, 0.15) is 25.7 Å². The quantitative estimate of drug-likeness (QED) is 0.869. The van der Waals surface area contributed by atoms with Gasteiger partial charge in [-0.05, 0) is 63.5 Å². The lowest BCUT2D eigenvalue weighted by Gasteiger charge is -2.42. The Morgan fingerprint density at radius 1 is 1.15 bits per heavy atom. The maximum absolute atomic E-state index is 12.1. The number of benzene rings is 1. The lowest BCUT2D eigenvalue weighted by atomic mass is 9.77. The minimum atomic E-state index is -4.66. The molecular weight excluding hydrogens is 271 g/mol. The minimum absolute atomic E-state index is 0.171. The molecule has 1 aliphatic carbocycles. The van der Waals surface area contributed by atoms with E-state index in [1.54, 1.807) is 0 Å². The molecule has 0 aromatic heterocycles. The molecule has 112 valence electrons. The molecule has 0 heterocycles. The van der Waals surface area contributed by atoms with Crippen LogP contribution in [0.15, 0.2) is 24.3 Å². The Morgan fingerprint density at radius 3 is 2.20 bits per heavy atom. The fraction of sp³-hybridized carbons (Fsp3) is 0.571. The summed E-state index contributed by atoms with van der Waals surface area (Å²) in [4.78, 5) is 0. The molecule has 6 heteroatoms. The van der Waals surface area contributed by atoms with Crippen molar-refractivity contribution >= 4 is 0 Å². The number of nitrogens with one attached hydrogen (secondary N) is 1. The van der Waals surface area contributed by atoms with Gasteiger partial charge in [0.25, 0.3) is 0 Å². The van der Waals surface area contributed by atoms with E-state index in [1.165, 1.54) is 24.3 Å².